The molecule has 2 aromatic heterocycles. The molecule has 2 heterocycles. The lowest BCUT2D eigenvalue weighted by atomic mass is 9.82. The molecule has 3 nitrogen and oxygen atoms in total. The Kier molecular flexibility index (Phi) is 7.36. The lowest BCUT2D eigenvalue weighted by Gasteiger charge is -2.28. The summed E-state index contributed by atoms with van der Waals surface area (Å²) in [4.78, 5) is 2.40. The Morgan fingerprint density at radius 2 is 0.968 bits per heavy atom. The van der Waals surface area contributed by atoms with Crippen molar-refractivity contribution in [2.75, 3.05) is 4.90 Å². The first-order chi connectivity index (χ1) is 30.5. The summed E-state index contributed by atoms with van der Waals surface area (Å²) in [6.07, 6.45) is 0. The molecule has 0 atom stereocenters. The van der Waals surface area contributed by atoms with Crippen LogP contribution in [0, 0.1) is 0 Å². The fraction of sp³-hybridized carbons (Fsp3) is 0.0508. The van der Waals surface area contributed by atoms with E-state index in [0.717, 1.165) is 72.1 Å². The highest BCUT2D eigenvalue weighted by Gasteiger charge is 2.36. The zero-order valence-electron chi connectivity index (χ0n) is 34.3. The maximum atomic E-state index is 6.60. The van der Waals surface area contributed by atoms with Gasteiger partial charge in [-0.05, 0) is 121 Å². The van der Waals surface area contributed by atoms with Crippen molar-refractivity contribution in [3.63, 3.8) is 0 Å². The molecule has 0 spiro atoms. The monoisotopic (exact) mass is 793 g/mol. The van der Waals surface area contributed by atoms with E-state index >= 15 is 0 Å². The van der Waals surface area contributed by atoms with Gasteiger partial charge < -0.3 is 13.7 Å². The minimum absolute atomic E-state index is 0.154. The summed E-state index contributed by atoms with van der Waals surface area (Å²) >= 11 is 0. The van der Waals surface area contributed by atoms with Gasteiger partial charge in [0.2, 0.25) is 0 Å². The van der Waals surface area contributed by atoms with Gasteiger partial charge in [0.15, 0.2) is 0 Å². The van der Waals surface area contributed by atoms with Gasteiger partial charge in [-0.3, -0.25) is 0 Å². The second kappa shape index (κ2) is 13.1. The van der Waals surface area contributed by atoms with E-state index in [1.165, 1.54) is 54.9 Å². The van der Waals surface area contributed by atoms with Crippen molar-refractivity contribution in [1.82, 2.24) is 0 Å². The summed E-state index contributed by atoms with van der Waals surface area (Å²) in [6.45, 7) is 4.70. The van der Waals surface area contributed by atoms with Crippen molar-refractivity contribution >= 4 is 82.5 Å². The van der Waals surface area contributed by atoms with Crippen molar-refractivity contribution in [3.05, 3.63) is 211 Å². The van der Waals surface area contributed by atoms with Gasteiger partial charge in [0.25, 0.3) is 0 Å². The number of hydrogen-bond donors (Lipinski definition) is 0. The van der Waals surface area contributed by atoms with Gasteiger partial charge in [0, 0.05) is 55.7 Å². The van der Waals surface area contributed by atoms with Crippen LogP contribution in [-0.2, 0) is 5.41 Å². The van der Waals surface area contributed by atoms with Crippen LogP contribution in [0.3, 0.4) is 0 Å². The average Bonchev–Trinajstić information content (AvgIpc) is 3.96. The molecule has 292 valence electrons. The van der Waals surface area contributed by atoms with Crippen LogP contribution in [0.5, 0.6) is 0 Å². The fourth-order valence-electron chi connectivity index (χ4n) is 10.5. The number of anilines is 3. The lowest BCUT2D eigenvalue weighted by molar-refractivity contribution is 0.660. The highest BCUT2D eigenvalue weighted by molar-refractivity contribution is 6.22. The molecular formula is C59H39NO2. The summed E-state index contributed by atoms with van der Waals surface area (Å²) in [6, 6.07) is 72.6. The van der Waals surface area contributed by atoms with E-state index in [2.05, 4.69) is 207 Å². The van der Waals surface area contributed by atoms with Gasteiger partial charge in [-0.25, -0.2) is 0 Å². The van der Waals surface area contributed by atoms with Gasteiger partial charge in [0.05, 0.1) is 0 Å². The maximum absolute atomic E-state index is 6.60. The van der Waals surface area contributed by atoms with Crippen LogP contribution in [0.4, 0.5) is 17.1 Å². The first-order valence-corrected chi connectivity index (χ1v) is 21.4. The van der Waals surface area contributed by atoms with E-state index in [1.807, 2.05) is 12.1 Å². The van der Waals surface area contributed by atoms with Crippen LogP contribution in [-0.4, -0.2) is 0 Å². The molecule has 13 rings (SSSR count). The molecule has 10 aromatic carbocycles. The van der Waals surface area contributed by atoms with Gasteiger partial charge >= 0.3 is 0 Å². The van der Waals surface area contributed by atoms with E-state index in [4.69, 9.17) is 8.83 Å². The van der Waals surface area contributed by atoms with Crippen LogP contribution in [0.25, 0.3) is 98.8 Å². The van der Waals surface area contributed by atoms with Crippen LogP contribution >= 0.6 is 0 Å². The predicted octanol–water partition coefficient (Wildman–Crippen LogP) is 16.9. The maximum Gasteiger partial charge on any atom is 0.137 e. The molecule has 1 aliphatic rings. The Morgan fingerprint density at radius 3 is 1.84 bits per heavy atom. The molecule has 0 saturated carbocycles. The van der Waals surface area contributed by atoms with Crippen LogP contribution in [0.1, 0.15) is 25.0 Å². The molecule has 3 heteroatoms. The van der Waals surface area contributed by atoms with Crippen molar-refractivity contribution < 1.29 is 8.83 Å². The Bertz CT molecular complexity index is 3810. The van der Waals surface area contributed by atoms with E-state index in [-0.39, 0.29) is 5.41 Å². The summed E-state index contributed by atoms with van der Waals surface area (Å²) in [5, 5.41) is 9.36. The van der Waals surface area contributed by atoms with Gasteiger partial charge in [-0.1, -0.05) is 147 Å². The number of fused-ring (bicyclic) bond motifs is 12. The van der Waals surface area contributed by atoms with E-state index in [1.54, 1.807) is 0 Å². The standard InChI is InChI=1S/C59H39NO2/c1-59(2)51-23-10-7-20-45(51)46-28-26-39(34-52(46)59)60(40-27-29-48-47-21-8-11-24-53(47)62-56(48)35-40)38-16-13-15-36(32-38)42-30-31-55-58(49-22-9-12-25-54(49)61-55)57(42)50-33-37-14-3-4-17-41(37)43-18-5-6-19-44(43)50/h3-35H,1-2H3. The Morgan fingerprint density at radius 1 is 0.355 bits per heavy atom. The third-order valence-electron chi connectivity index (χ3n) is 13.4. The molecule has 0 saturated heterocycles. The number of nitrogens with zero attached hydrogens (tertiary/aromatic N) is 1. The predicted molar refractivity (Wildman–Crippen MR) is 259 cm³/mol. The normalized spacial score (nSPS) is 13.1. The van der Waals surface area contributed by atoms with Crippen LogP contribution < -0.4 is 4.90 Å². The summed E-state index contributed by atoms with van der Waals surface area (Å²) in [5.41, 5.74) is 16.4. The Balaban J connectivity index is 1.07. The first-order valence-electron chi connectivity index (χ1n) is 21.4. The summed E-state index contributed by atoms with van der Waals surface area (Å²) < 4.78 is 13.1. The minimum Gasteiger partial charge on any atom is -0.456 e. The molecule has 1 aliphatic carbocycles. The van der Waals surface area contributed by atoms with E-state index in [0.29, 0.717) is 0 Å². The van der Waals surface area contributed by atoms with Crippen molar-refractivity contribution in [3.8, 4) is 33.4 Å². The number of furan rings is 2. The molecule has 0 unspecified atom stereocenters. The number of hydrogen-bond acceptors (Lipinski definition) is 3. The number of rotatable bonds is 5. The van der Waals surface area contributed by atoms with Gasteiger partial charge in [-0.2, -0.15) is 0 Å². The number of para-hydroxylation sites is 2. The smallest absolute Gasteiger partial charge is 0.137 e. The topological polar surface area (TPSA) is 29.5 Å². The molecule has 12 aromatic rings. The summed E-state index contributed by atoms with van der Waals surface area (Å²) in [5.74, 6) is 0. The molecule has 62 heavy (non-hydrogen) atoms. The van der Waals surface area contributed by atoms with E-state index in [9.17, 15) is 0 Å². The first kappa shape index (κ1) is 34.9. The van der Waals surface area contributed by atoms with Crippen molar-refractivity contribution in [2.45, 2.75) is 19.3 Å². The average molecular weight is 794 g/mol. The Labute approximate surface area is 358 Å². The van der Waals surface area contributed by atoms with Gasteiger partial charge in [-0.15, -0.1) is 0 Å². The molecular weight excluding hydrogens is 755 g/mol. The Hall–Kier alpha value is -7.88. The highest BCUT2D eigenvalue weighted by atomic mass is 16.3. The lowest BCUT2D eigenvalue weighted by Crippen LogP contribution is -2.16. The molecule has 0 aliphatic heterocycles. The second-order valence-electron chi connectivity index (χ2n) is 17.2. The molecule has 0 bridgehead atoms. The van der Waals surface area contributed by atoms with Crippen molar-refractivity contribution in [1.29, 1.82) is 0 Å². The zero-order chi connectivity index (χ0) is 41.1. The van der Waals surface area contributed by atoms with Gasteiger partial charge in [0.1, 0.15) is 22.3 Å². The zero-order valence-corrected chi connectivity index (χ0v) is 34.3. The van der Waals surface area contributed by atoms with Crippen molar-refractivity contribution in [2.24, 2.45) is 0 Å². The summed E-state index contributed by atoms with van der Waals surface area (Å²) in [7, 11) is 0. The van der Waals surface area contributed by atoms with Crippen LogP contribution in [0.2, 0.25) is 0 Å². The molecule has 0 fully saturated rings. The van der Waals surface area contributed by atoms with Crippen LogP contribution in [0.15, 0.2) is 209 Å². The minimum atomic E-state index is -0.154. The molecule has 0 amide bonds. The highest BCUT2D eigenvalue weighted by Crippen LogP contribution is 2.52. The molecule has 0 radical (unpaired) electrons. The van der Waals surface area contributed by atoms with E-state index < -0.39 is 0 Å². The number of benzene rings is 10. The fourth-order valence-corrected chi connectivity index (χ4v) is 10.5. The third-order valence-corrected chi connectivity index (χ3v) is 13.4. The quantitative estimate of drug-likeness (QED) is 0.163. The second-order valence-corrected chi connectivity index (χ2v) is 17.2. The SMILES string of the molecule is CC1(C)c2ccccc2-c2ccc(N(c3cccc(-c4ccc5oc6ccccc6c5c4-c4cc5ccccc5c5ccccc45)c3)c3ccc4c(c3)oc3ccccc34)cc21. The third kappa shape index (κ3) is 5.06. The molecule has 0 N–H and O–H groups in total. The largest absolute Gasteiger partial charge is 0.456 e.